The highest BCUT2D eigenvalue weighted by atomic mass is 16.6. The van der Waals surface area contributed by atoms with Crippen LogP contribution in [0.3, 0.4) is 0 Å². The molecule has 7 heteroatoms. The highest BCUT2D eigenvalue weighted by molar-refractivity contribution is 5.87. The van der Waals surface area contributed by atoms with Crippen LogP contribution in [0.25, 0.3) is 0 Å². The van der Waals surface area contributed by atoms with Crippen molar-refractivity contribution in [3.05, 3.63) is 28.3 Å². The summed E-state index contributed by atoms with van der Waals surface area (Å²) in [5, 5.41) is 13.1. The first-order valence-corrected chi connectivity index (χ1v) is 5.70. The van der Waals surface area contributed by atoms with Gasteiger partial charge in [-0.3, -0.25) is 15.4 Å². The third kappa shape index (κ3) is 4.46. The van der Waals surface area contributed by atoms with Crippen LogP contribution in [0.5, 0.6) is 5.75 Å². The molecule has 104 valence electrons. The van der Waals surface area contributed by atoms with E-state index in [1.807, 2.05) is 13.8 Å². The van der Waals surface area contributed by atoms with E-state index in [1.54, 1.807) is 0 Å². The molecule has 0 aliphatic carbocycles. The smallest absolute Gasteiger partial charge is 0.411 e. The monoisotopic (exact) mass is 268 g/mol. The normalized spacial score (nSPS) is 10.1. The molecule has 7 nitrogen and oxygen atoms in total. The summed E-state index contributed by atoms with van der Waals surface area (Å²) in [6.07, 6.45) is -0.674. The van der Waals surface area contributed by atoms with Crippen molar-refractivity contribution < 1.29 is 19.2 Å². The number of methoxy groups -OCH3 is 1. The fourth-order valence-electron chi connectivity index (χ4n) is 1.30. The summed E-state index contributed by atoms with van der Waals surface area (Å²) in [5.41, 5.74) is 0.0606. The lowest BCUT2D eigenvalue weighted by molar-refractivity contribution is -0.384. The van der Waals surface area contributed by atoms with Gasteiger partial charge in [0.05, 0.1) is 24.3 Å². The van der Waals surface area contributed by atoms with Crippen LogP contribution in [0.1, 0.15) is 13.8 Å². The number of nitrogens with zero attached hydrogens (tertiary/aromatic N) is 1. The Morgan fingerprint density at radius 3 is 2.68 bits per heavy atom. The number of carbonyl (C=O) groups excluding carboxylic acids is 1. The van der Waals surface area contributed by atoms with Gasteiger partial charge in [-0.25, -0.2) is 4.79 Å². The maximum atomic E-state index is 11.5. The van der Waals surface area contributed by atoms with Gasteiger partial charge < -0.3 is 9.47 Å². The molecular formula is C12H16N2O5. The molecule has 1 N–H and O–H groups in total. The second-order valence-corrected chi connectivity index (χ2v) is 4.26. The van der Waals surface area contributed by atoms with E-state index in [0.717, 1.165) is 0 Å². The third-order valence-electron chi connectivity index (χ3n) is 2.18. The van der Waals surface area contributed by atoms with Crippen molar-refractivity contribution >= 4 is 17.5 Å². The lowest BCUT2D eigenvalue weighted by atomic mass is 10.2. The number of hydrogen-bond donors (Lipinski definition) is 1. The Morgan fingerprint density at radius 2 is 2.16 bits per heavy atom. The molecule has 0 heterocycles. The van der Waals surface area contributed by atoms with E-state index in [2.05, 4.69) is 5.32 Å². The SMILES string of the molecule is COc1ccc([N+](=O)[O-])cc1NC(=O)OCC(C)C. The van der Waals surface area contributed by atoms with Crippen molar-refractivity contribution in [2.75, 3.05) is 19.0 Å². The number of benzene rings is 1. The molecule has 0 aliphatic heterocycles. The number of ether oxygens (including phenoxy) is 2. The van der Waals surface area contributed by atoms with Crippen molar-refractivity contribution in [3.8, 4) is 5.75 Å². The number of nitrogens with one attached hydrogen (secondary N) is 1. The fourth-order valence-corrected chi connectivity index (χ4v) is 1.30. The Bertz CT molecular complexity index is 473. The zero-order valence-electron chi connectivity index (χ0n) is 11.0. The molecule has 1 rings (SSSR count). The minimum absolute atomic E-state index is 0.139. The lowest BCUT2D eigenvalue weighted by Gasteiger charge is -2.11. The molecule has 0 saturated carbocycles. The molecule has 0 bridgehead atoms. The summed E-state index contributed by atoms with van der Waals surface area (Å²) < 4.78 is 9.95. The molecule has 0 fully saturated rings. The van der Waals surface area contributed by atoms with E-state index in [4.69, 9.17) is 9.47 Å². The number of anilines is 1. The largest absolute Gasteiger partial charge is 0.495 e. The molecule has 0 aliphatic rings. The topological polar surface area (TPSA) is 90.7 Å². The van der Waals surface area contributed by atoms with Gasteiger partial charge in [0.25, 0.3) is 5.69 Å². The lowest BCUT2D eigenvalue weighted by Crippen LogP contribution is -2.17. The zero-order valence-corrected chi connectivity index (χ0v) is 11.0. The predicted molar refractivity (Wildman–Crippen MR) is 69.5 cm³/mol. The van der Waals surface area contributed by atoms with E-state index in [-0.39, 0.29) is 23.9 Å². The van der Waals surface area contributed by atoms with Gasteiger partial charge in [0.2, 0.25) is 0 Å². The predicted octanol–water partition coefficient (Wildman–Crippen LogP) is 2.81. The maximum Gasteiger partial charge on any atom is 0.411 e. The number of rotatable bonds is 5. The molecule has 19 heavy (non-hydrogen) atoms. The Kier molecular flexibility index (Phi) is 5.11. The Morgan fingerprint density at radius 1 is 1.47 bits per heavy atom. The summed E-state index contributed by atoms with van der Waals surface area (Å²) in [7, 11) is 1.41. The number of nitro benzene ring substituents is 1. The molecule has 1 aromatic carbocycles. The van der Waals surface area contributed by atoms with Crippen LogP contribution in [0, 0.1) is 16.0 Å². The number of carbonyl (C=O) groups is 1. The molecule has 0 spiro atoms. The van der Waals surface area contributed by atoms with Crippen molar-refractivity contribution in [1.29, 1.82) is 0 Å². The van der Waals surface area contributed by atoms with E-state index >= 15 is 0 Å². The Hall–Kier alpha value is -2.31. The standard InChI is InChI=1S/C12H16N2O5/c1-8(2)7-19-12(15)13-10-6-9(14(16)17)4-5-11(10)18-3/h4-6,8H,7H2,1-3H3,(H,13,15). The quantitative estimate of drug-likeness (QED) is 0.655. The van der Waals surface area contributed by atoms with Gasteiger partial charge in [0.15, 0.2) is 0 Å². The van der Waals surface area contributed by atoms with Crippen molar-refractivity contribution in [2.45, 2.75) is 13.8 Å². The number of nitro groups is 1. The van der Waals surface area contributed by atoms with Gasteiger partial charge >= 0.3 is 6.09 Å². The van der Waals surface area contributed by atoms with Crippen molar-refractivity contribution in [2.24, 2.45) is 5.92 Å². The van der Waals surface area contributed by atoms with Gasteiger partial charge in [-0.15, -0.1) is 0 Å². The van der Waals surface area contributed by atoms with Gasteiger partial charge in [-0.05, 0) is 12.0 Å². The summed E-state index contributed by atoms with van der Waals surface area (Å²) in [6, 6.07) is 3.93. The number of hydrogen-bond acceptors (Lipinski definition) is 5. The molecule has 0 atom stereocenters. The van der Waals surface area contributed by atoms with Crippen LogP contribution in [0.15, 0.2) is 18.2 Å². The van der Waals surface area contributed by atoms with Gasteiger partial charge in [0.1, 0.15) is 5.75 Å². The second kappa shape index (κ2) is 6.58. The van der Waals surface area contributed by atoms with E-state index in [9.17, 15) is 14.9 Å². The second-order valence-electron chi connectivity index (χ2n) is 4.26. The summed E-state index contributed by atoms with van der Waals surface area (Å²) in [6.45, 7) is 4.07. The van der Waals surface area contributed by atoms with Crippen LogP contribution in [-0.4, -0.2) is 24.7 Å². The van der Waals surface area contributed by atoms with Crippen LogP contribution in [0.4, 0.5) is 16.2 Å². The highest BCUT2D eigenvalue weighted by Gasteiger charge is 2.14. The number of amides is 1. The first-order valence-electron chi connectivity index (χ1n) is 5.70. The summed E-state index contributed by atoms with van der Waals surface area (Å²) in [4.78, 5) is 21.6. The van der Waals surface area contributed by atoms with Crippen molar-refractivity contribution in [3.63, 3.8) is 0 Å². The average Bonchev–Trinajstić information content (AvgIpc) is 2.36. The van der Waals surface area contributed by atoms with E-state index in [1.165, 1.54) is 25.3 Å². The van der Waals surface area contributed by atoms with Crippen molar-refractivity contribution in [1.82, 2.24) is 0 Å². The molecule has 0 aromatic heterocycles. The van der Waals surface area contributed by atoms with Gasteiger partial charge in [-0.2, -0.15) is 0 Å². The van der Waals surface area contributed by atoms with E-state index < -0.39 is 11.0 Å². The molecule has 0 unspecified atom stereocenters. The van der Waals surface area contributed by atoms with Crippen LogP contribution in [-0.2, 0) is 4.74 Å². The highest BCUT2D eigenvalue weighted by Crippen LogP contribution is 2.28. The Balaban J connectivity index is 2.82. The van der Waals surface area contributed by atoms with Crippen LogP contribution < -0.4 is 10.1 Å². The molecule has 0 saturated heterocycles. The first kappa shape index (κ1) is 14.7. The average molecular weight is 268 g/mol. The molecule has 0 radical (unpaired) electrons. The van der Waals surface area contributed by atoms with Crippen LogP contribution in [0.2, 0.25) is 0 Å². The molecule has 1 amide bonds. The first-order chi connectivity index (χ1) is 8.93. The number of non-ortho nitro benzene ring substituents is 1. The minimum atomic E-state index is -0.674. The Labute approximate surface area is 110 Å². The van der Waals surface area contributed by atoms with Gasteiger partial charge in [0, 0.05) is 12.1 Å². The van der Waals surface area contributed by atoms with Crippen LogP contribution >= 0.6 is 0 Å². The maximum absolute atomic E-state index is 11.5. The summed E-state index contributed by atoms with van der Waals surface area (Å²) in [5.74, 6) is 0.532. The fraction of sp³-hybridized carbons (Fsp3) is 0.417. The van der Waals surface area contributed by atoms with E-state index in [0.29, 0.717) is 5.75 Å². The zero-order chi connectivity index (χ0) is 14.4. The summed E-state index contributed by atoms with van der Waals surface area (Å²) >= 11 is 0. The van der Waals surface area contributed by atoms with Gasteiger partial charge in [-0.1, -0.05) is 13.8 Å². The third-order valence-corrected chi connectivity index (χ3v) is 2.18. The molecule has 1 aromatic rings. The minimum Gasteiger partial charge on any atom is -0.495 e. The molecular weight excluding hydrogens is 252 g/mol.